The molecule has 0 saturated heterocycles. The monoisotopic (exact) mass is 237 g/mol. The molecule has 0 spiro atoms. The highest BCUT2D eigenvalue weighted by Crippen LogP contribution is 2.05. The van der Waals surface area contributed by atoms with E-state index in [0.717, 1.165) is 6.42 Å². The lowest BCUT2D eigenvalue weighted by Crippen LogP contribution is -2.25. The van der Waals surface area contributed by atoms with Gasteiger partial charge in [-0.3, -0.25) is 4.79 Å². The van der Waals surface area contributed by atoms with Crippen molar-refractivity contribution < 1.29 is 19.4 Å². The van der Waals surface area contributed by atoms with Crippen molar-refractivity contribution >= 4 is 11.9 Å². The molecular weight excluding hydrogens is 222 g/mol. The summed E-state index contributed by atoms with van der Waals surface area (Å²) in [4.78, 5) is 22.4. The molecule has 0 aliphatic carbocycles. The largest absolute Gasteiger partial charge is 0.478 e. The lowest BCUT2D eigenvalue weighted by atomic mass is 10.1. The highest BCUT2D eigenvalue weighted by atomic mass is 16.5. The molecule has 5 nitrogen and oxygen atoms in total. The van der Waals surface area contributed by atoms with E-state index in [1.807, 2.05) is 0 Å². The minimum Gasteiger partial charge on any atom is -0.478 e. The predicted molar refractivity (Wildman–Crippen MR) is 62.2 cm³/mol. The summed E-state index contributed by atoms with van der Waals surface area (Å²) in [5, 5.41) is 11.5. The van der Waals surface area contributed by atoms with E-state index in [4.69, 9.17) is 9.84 Å². The Kier molecular flexibility index (Phi) is 5.16. The zero-order chi connectivity index (χ0) is 12.7. The van der Waals surface area contributed by atoms with Crippen molar-refractivity contribution in [2.45, 2.75) is 6.42 Å². The summed E-state index contributed by atoms with van der Waals surface area (Å²) in [6.45, 7) is 1.08. The van der Waals surface area contributed by atoms with Gasteiger partial charge >= 0.3 is 5.97 Å². The number of carboxylic acid groups (broad SMARTS) is 1. The Labute approximate surface area is 99.4 Å². The van der Waals surface area contributed by atoms with Crippen LogP contribution in [0, 0.1) is 0 Å². The molecule has 1 aromatic rings. The maximum Gasteiger partial charge on any atom is 0.335 e. The van der Waals surface area contributed by atoms with E-state index in [1.165, 1.54) is 12.1 Å². The van der Waals surface area contributed by atoms with E-state index in [-0.39, 0.29) is 11.5 Å². The molecule has 1 amide bonds. The molecule has 5 heteroatoms. The molecule has 0 aliphatic heterocycles. The molecule has 17 heavy (non-hydrogen) atoms. The fourth-order valence-corrected chi connectivity index (χ4v) is 1.31. The second-order valence-electron chi connectivity index (χ2n) is 3.49. The van der Waals surface area contributed by atoms with E-state index in [9.17, 15) is 9.59 Å². The molecular formula is C12H15NO4. The van der Waals surface area contributed by atoms with Gasteiger partial charge in [0.2, 0.25) is 0 Å². The number of ether oxygens (including phenoxy) is 1. The van der Waals surface area contributed by atoms with Crippen LogP contribution in [0.3, 0.4) is 0 Å². The second kappa shape index (κ2) is 6.65. The lowest BCUT2D eigenvalue weighted by molar-refractivity contribution is 0.0697. The number of rotatable bonds is 6. The van der Waals surface area contributed by atoms with Crippen LogP contribution in [-0.2, 0) is 4.74 Å². The normalized spacial score (nSPS) is 9.94. The van der Waals surface area contributed by atoms with Crippen molar-refractivity contribution in [3.8, 4) is 0 Å². The van der Waals surface area contributed by atoms with Crippen LogP contribution in [0.2, 0.25) is 0 Å². The smallest absolute Gasteiger partial charge is 0.335 e. The van der Waals surface area contributed by atoms with Crippen LogP contribution in [0.4, 0.5) is 0 Å². The number of amides is 1. The number of hydrogen-bond acceptors (Lipinski definition) is 3. The topological polar surface area (TPSA) is 75.6 Å². The number of methoxy groups -OCH3 is 1. The van der Waals surface area contributed by atoms with Crippen molar-refractivity contribution in [1.82, 2.24) is 5.32 Å². The van der Waals surface area contributed by atoms with Gasteiger partial charge in [0, 0.05) is 25.8 Å². The molecule has 0 aromatic heterocycles. The zero-order valence-electron chi connectivity index (χ0n) is 9.60. The standard InChI is InChI=1S/C12H15NO4/c1-17-7-3-6-13-11(14)9-4-2-5-10(8-9)12(15)16/h2,4-5,8H,3,6-7H2,1H3,(H,13,14)(H,15,16). The molecule has 0 fully saturated rings. The number of carboxylic acids is 1. The molecule has 1 rings (SSSR count). The van der Waals surface area contributed by atoms with Crippen LogP contribution in [-0.4, -0.2) is 37.2 Å². The van der Waals surface area contributed by atoms with E-state index in [1.54, 1.807) is 19.2 Å². The third-order valence-electron chi connectivity index (χ3n) is 2.18. The molecule has 92 valence electrons. The Balaban J connectivity index is 2.56. The van der Waals surface area contributed by atoms with E-state index < -0.39 is 5.97 Å². The summed E-state index contributed by atoms with van der Waals surface area (Å²) in [6, 6.07) is 5.93. The molecule has 0 unspecified atom stereocenters. The second-order valence-corrected chi connectivity index (χ2v) is 3.49. The van der Waals surface area contributed by atoms with Gasteiger partial charge in [-0.05, 0) is 24.6 Å². The van der Waals surface area contributed by atoms with Crippen molar-refractivity contribution in [2.75, 3.05) is 20.3 Å². The minimum absolute atomic E-state index is 0.106. The van der Waals surface area contributed by atoms with E-state index >= 15 is 0 Å². The fraction of sp³-hybridized carbons (Fsp3) is 0.333. The lowest BCUT2D eigenvalue weighted by Gasteiger charge is -2.05. The Hall–Kier alpha value is -1.88. The summed E-state index contributed by atoms with van der Waals surface area (Å²) in [5.74, 6) is -1.32. The Bertz CT molecular complexity index is 403. The molecule has 0 saturated carbocycles. The third kappa shape index (κ3) is 4.24. The first kappa shape index (κ1) is 13.2. The summed E-state index contributed by atoms with van der Waals surface area (Å²) in [7, 11) is 1.60. The quantitative estimate of drug-likeness (QED) is 0.728. The summed E-state index contributed by atoms with van der Waals surface area (Å²) >= 11 is 0. The maximum absolute atomic E-state index is 11.6. The van der Waals surface area contributed by atoms with E-state index in [0.29, 0.717) is 18.7 Å². The van der Waals surface area contributed by atoms with E-state index in [2.05, 4.69) is 5.32 Å². The first-order valence-corrected chi connectivity index (χ1v) is 5.25. The summed E-state index contributed by atoms with van der Waals surface area (Å²) in [6.07, 6.45) is 0.723. The average molecular weight is 237 g/mol. The number of carbonyl (C=O) groups excluding carboxylic acids is 1. The number of benzene rings is 1. The zero-order valence-corrected chi connectivity index (χ0v) is 9.60. The Morgan fingerprint density at radius 2 is 2.06 bits per heavy atom. The van der Waals surface area contributed by atoms with Crippen molar-refractivity contribution in [3.05, 3.63) is 35.4 Å². The average Bonchev–Trinajstić information content (AvgIpc) is 2.34. The Morgan fingerprint density at radius 1 is 1.35 bits per heavy atom. The SMILES string of the molecule is COCCCNC(=O)c1cccc(C(=O)O)c1. The van der Waals surface area contributed by atoms with Crippen LogP contribution < -0.4 is 5.32 Å². The molecule has 2 N–H and O–H groups in total. The minimum atomic E-state index is -1.04. The molecule has 0 bridgehead atoms. The van der Waals surface area contributed by atoms with Crippen molar-refractivity contribution in [1.29, 1.82) is 0 Å². The molecule has 0 atom stereocenters. The van der Waals surface area contributed by atoms with Crippen LogP contribution in [0.1, 0.15) is 27.1 Å². The van der Waals surface area contributed by atoms with Crippen LogP contribution in [0.25, 0.3) is 0 Å². The van der Waals surface area contributed by atoms with Gasteiger partial charge in [0.15, 0.2) is 0 Å². The highest BCUT2D eigenvalue weighted by molar-refractivity contribution is 5.97. The summed E-state index contributed by atoms with van der Waals surface area (Å²) in [5.41, 5.74) is 0.455. The number of hydrogen-bond donors (Lipinski definition) is 2. The fourth-order valence-electron chi connectivity index (χ4n) is 1.31. The Morgan fingerprint density at radius 3 is 2.71 bits per heavy atom. The number of nitrogens with one attached hydrogen (secondary N) is 1. The van der Waals surface area contributed by atoms with Crippen molar-refractivity contribution in [2.24, 2.45) is 0 Å². The molecule has 1 aromatic carbocycles. The molecule has 0 heterocycles. The van der Waals surface area contributed by atoms with Gasteiger partial charge in [-0.1, -0.05) is 6.07 Å². The molecule has 0 aliphatic rings. The van der Waals surface area contributed by atoms with Gasteiger partial charge in [0.1, 0.15) is 0 Å². The van der Waals surface area contributed by atoms with Gasteiger partial charge < -0.3 is 15.2 Å². The van der Waals surface area contributed by atoms with Crippen LogP contribution in [0.5, 0.6) is 0 Å². The first-order valence-electron chi connectivity index (χ1n) is 5.25. The van der Waals surface area contributed by atoms with Gasteiger partial charge in [0.05, 0.1) is 5.56 Å². The highest BCUT2D eigenvalue weighted by Gasteiger charge is 2.08. The van der Waals surface area contributed by atoms with Gasteiger partial charge in [-0.15, -0.1) is 0 Å². The van der Waals surface area contributed by atoms with Gasteiger partial charge in [-0.25, -0.2) is 4.79 Å². The van der Waals surface area contributed by atoms with Gasteiger partial charge in [-0.2, -0.15) is 0 Å². The third-order valence-corrected chi connectivity index (χ3v) is 2.18. The predicted octanol–water partition coefficient (Wildman–Crippen LogP) is 1.15. The van der Waals surface area contributed by atoms with Crippen LogP contribution in [0.15, 0.2) is 24.3 Å². The van der Waals surface area contributed by atoms with Crippen molar-refractivity contribution in [3.63, 3.8) is 0 Å². The maximum atomic E-state index is 11.6. The summed E-state index contributed by atoms with van der Waals surface area (Å²) < 4.78 is 4.85. The van der Waals surface area contributed by atoms with Crippen LogP contribution >= 0.6 is 0 Å². The number of carbonyl (C=O) groups is 2. The molecule has 0 radical (unpaired) electrons. The van der Waals surface area contributed by atoms with Gasteiger partial charge in [0.25, 0.3) is 5.91 Å². The number of aromatic carboxylic acids is 1. The first-order chi connectivity index (χ1) is 8.15.